The Morgan fingerprint density at radius 1 is 0.969 bits per heavy atom. The quantitative estimate of drug-likeness (QED) is 0.148. The van der Waals surface area contributed by atoms with Gasteiger partial charge >= 0.3 is 5.97 Å². The summed E-state index contributed by atoms with van der Waals surface area (Å²) in [5.74, 6) is -1.18. The van der Waals surface area contributed by atoms with Gasteiger partial charge < -0.3 is 19.7 Å². The third-order valence-electron chi connectivity index (χ3n) is 5.81. The summed E-state index contributed by atoms with van der Waals surface area (Å²) in [6, 6.07) is 0. The summed E-state index contributed by atoms with van der Waals surface area (Å²) in [5.41, 5.74) is 4.31. The van der Waals surface area contributed by atoms with Crippen LogP contribution in [0.1, 0.15) is 87.0 Å². The van der Waals surface area contributed by atoms with E-state index in [-0.39, 0.29) is 24.0 Å². The molecular weight excluding hydrogens is 404 g/mol. The lowest BCUT2D eigenvalue weighted by molar-refractivity contribution is -0.145. The number of aliphatic hydroxyl groups excluding tert-OH is 1. The van der Waals surface area contributed by atoms with Crippen molar-refractivity contribution in [2.75, 3.05) is 13.2 Å². The number of aliphatic carboxylic acids is 1. The maximum Gasteiger partial charge on any atom is 0.309 e. The Kier molecular flexibility index (Phi) is 17.3. The van der Waals surface area contributed by atoms with Crippen LogP contribution in [0.25, 0.3) is 0 Å². The van der Waals surface area contributed by atoms with Gasteiger partial charge in [0.05, 0.1) is 24.2 Å². The summed E-state index contributed by atoms with van der Waals surface area (Å²) in [6.07, 6.45) is 10.6. The highest BCUT2D eigenvalue weighted by atomic mass is 16.5. The predicted octanol–water partition coefficient (Wildman–Crippen LogP) is 6.17. The highest BCUT2D eigenvalue weighted by molar-refractivity contribution is 5.70. The van der Waals surface area contributed by atoms with Crippen molar-refractivity contribution in [2.45, 2.75) is 105 Å². The molecule has 32 heavy (non-hydrogen) atoms. The molecule has 2 N–H and O–H groups in total. The van der Waals surface area contributed by atoms with E-state index in [0.29, 0.717) is 13.2 Å². The summed E-state index contributed by atoms with van der Waals surface area (Å²) in [4.78, 5) is 11.4. The van der Waals surface area contributed by atoms with Crippen molar-refractivity contribution >= 4 is 5.97 Å². The minimum atomic E-state index is -0.867. The number of carbonyl (C=O) groups is 1. The van der Waals surface area contributed by atoms with Crippen molar-refractivity contribution in [1.29, 1.82) is 0 Å². The molecule has 0 saturated heterocycles. The van der Waals surface area contributed by atoms with Gasteiger partial charge in [-0.1, -0.05) is 59.6 Å². The average molecular weight is 453 g/mol. The number of carboxylic acids is 1. The highest BCUT2D eigenvalue weighted by Crippen LogP contribution is 2.20. The van der Waals surface area contributed by atoms with Gasteiger partial charge in [0, 0.05) is 19.1 Å². The van der Waals surface area contributed by atoms with Crippen LogP contribution in [0.5, 0.6) is 0 Å². The molecule has 0 heterocycles. The second-order valence-electron chi connectivity index (χ2n) is 9.00. The fourth-order valence-corrected chi connectivity index (χ4v) is 3.28. The third-order valence-corrected chi connectivity index (χ3v) is 5.81. The Bertz CT molecular complexity index is 591. The molecule has 0 aromatic heterocycles. The lowest BCUT2D eigenvalue weighted by Gasteiger charge is -2.23. The molecule has 0 radical (unpaired) electrons. The molecule has 0 aliphatic carbocycles. The van der Waals surface area contributed by atoms with Crippen LogP contribution in [-0.2, 0) is 14.3 Å². The van der Waals surface area contributed by atoms with Gasteiger partial charge in [0.15, 0.2) is 0 Å². The zero-order valence-corrected chi connectivity index (χ0v) is 21.5. The Hall–Kier alpha value is -1.39. The monoisotopic (exact) mass is 452 g/mol. The molecule has 186 valence electrons. The van der Waals surface area contributed by atoms with E-state index in [1.54, 1.807) is 13.0 Å². The standard InChI is InChI=1S/C27H48O5/c1-8-11-17-31-25(16-14-21(5)24(28)10-3)22(6)19-20(4)13-15-26(23(7)27(29)30)32-18-12-9-2/h14-16,21-26,28H,8-12,17-19H2,1-7H3,(H,29,30). The molecule has 0 aliphatic rings. The van der Waals surface area contributed by atoms with Crippen LogP contribution >= 0.6 is 0 Å². The molecule has 0 rings (SSSR count). The average Bonchev–Trinajstić information content (AvgIpc) is 2.76. The Balaban J connectivity index is 5.33. The maximum atomic E-state index is 11.4. The smallest absolute Gasteiger partial charge is 0.309 e. The van der Waals surface area contributed by atoms with Crippen LogP contribution < -0.4 is 0 Å². The van der Waals surface area contributed by atoms with E-state index in [2.05, 4.69) is 38.7 Å². The van der Waals surface area contributed by atoms with E-state index in [1.807, 2.05) is 20.8 Å². The van der Waals surface area contributed by atoms with E-state index < -0.39 is 18.0 Å². The Labute approximate surface area is 196 Å². The van der Waals surface area contributed by atoms with Gasteiger partial charge in [-0.15, -0.1) is 5.73 Å². The number of hydrogen-bond donors (Lipinski definition) is 2. The molecule has 0 aromatic carbocycles. The van der Waals surface area contributed by atoms with Crippen LogP contribution in [0.3, 0.4) is 0 Å². The van der Waals surface area contributed by atoms with E-state index in [0.717, 1.165) is 44.1 Å². The zero-order valence-electron chi connectivity index (χ0n) is 21.5. The van der Waals surface area contributed by atoms with E-state index in [1.165, 1.54) is 0 Å². The van der Waals surface area contributed by atoms with Gasteiger partial charge in [-0.25, -0.2) is 0 Å². The summed E-state index contributed by atoms with van der Waals surface area (Å²) in [6.45, 7) is 15.3. The van der Waals surface area contributed by atoms with Gasteiger partial charge in [0.2, 0.25) is 0 Å². The molecular formula is C27H48O5. The predicted molar refractivity (Wildman–Crippen MR) is 132 cm³/mol. The number of carboxylic acid groups (broad SMARTS) is 1. The minimum Gasteiger partial charge on any atom is -0.481 e. The normalized spacial score (nSPS) is 17.2. The van der Waals surface area contributed by atoms with Gasteiger partial charge in [0.25, 0.3) is 0 Å². The van der Waals surface area contributed by atoms with Crippen LogP contribution in [0.4, 0.5) is 0 Å². The van der Waals surface area contributed by atoms with E-state index in [9.17, 15) is 15.0 Å². The molecule has 0 bridgehead atoms. The lowest BCUT2D eigenvalue weighted by Crippen LogP contribution is -2.27. The minimum absolute atomic E-state index is 0.0423. The summed E-state index contributed by atoms with van der Waals surface area (Å²) < 4.78 is 11.9. The number of unbranched alkanes of at least 4 members (excludes halogenated alkanes) is 2. The number of rotatable bonds is 18. The summed E-state index contributed by atoms with van der Waals surface area (Å²) in [5, 5.41) is 19.4. The zero-order chi connectivity index (χ0) is 24.5. The summed E-state index contributed by atoms with van der Waals surface area (Å²) >= 11 is 0. The highest BCUT2D eigenvalue weighted by Gasteiger charge is 2.22. The third kappa shape index (κ3) is 13.2. The second-order valence-corrected chi connectivity index (χ2v) is 9.00. The molecule has 6 unspecified atom stereocenters. The molecule has 0 spiro atoms. The van der Waals surface area contributed by atoms with E-state index in [4.69, 9.17) is 9.47 Å². The molecule has 0 amide bonds. The van der Waals surface area contributed by atoms with Crippen molar-refractivity contribution in [1.82, 2.24) is 0 Å². The van der Waals surface area contributed by atoms with Crippen LogP contribution in [0, 0.1) is 17.8 Å². The fourth-order valence-electron chi connectivity index (χ4n) is 3.28. The van der Waals surface area contributed by atoms with Crippen molar-refractivity contribution in [3.8, 4) is 0 Å². The van der Waals surface area contributed by atoms with Crippen molar-refractivity contribution in [2.24, 2.45) is 17.8 Å². The number of ether oxygens (including phenoxy) is 2. The molecule has 0 saturated carbocycles. The van der Waals surface area contributed by atoms with Gasteiger partial charge in [-0.2, -0.15) is 0 Å². The molecule has 0 fully saturated rings. The first kappa shape index (κ1) is 30.6. The largest absolute Gasteiger partial charge is 0.481 e. The first-order valence-electron chi connectivity index (χ1n) is 12.4. The van der Waals surface area contributed by atoms with E-state index >= 15 is 0 Å². The van der Waals surface area contributed by atoms with Gasteiger partial charge in [-0.3, -0.25) is 4.79 Å². The maximum absolute atomic E-state index is 11.4. The lowest BCUT2D eigenvalue weighted by atomic mass is 9.94. The topological polar surface area (TPSA) is 76.0 Å². The van der Waals surface area contributed by atoms with Crippen LogP contribution in [-0.4, -0.2) is 47.7 Å². The fraction of sp³-hybridized carbons (Fsp3) is 0.778. The molecule has 0 aromatic rings. The van der Waals surface area contributed by atoms with Gasteiger partial charge in [0.1, 0.15) is 0 Å². The van der Waals surface area contributed by atoms with Crippen molar-refractivity contribution in [3.05, 3.63) is 29.5 Å². The first-order chi connectivity index (χ1) is 15.2. The van der Waals surface area contributed by atoms with Crippen LogP contribution in [0.15, 0.2) is 29.5 Å². The Morgan fingerprint density at radius 3 is 2.03 bits per heavy atom. The van der Waals surface area contributed by atoms with Crippen molar-refractivity contribution in [3.63, 3.8) is 0 Å². The van der Waals surface area contributed by atoms with Crippen LogP contribution in [0.2, 0.25) is 0 Å². The molecule has 5 nitrogen and oxygen atoms in total. The molecule has 5 heteroatoms. The number of hydrogen-bond acceptors (Lipinski definition) is 4. The first-order valence-corrected chi connectivity index (χ1v) is 12.4. The summed E-state index contributed by atoms with van der Waals surface area (Å²) in [7, 11) is 0. The molecule has 6 atom stereocenters. The number of aliphatic hydroxyl groups is 1. The second kappa shape index (κ2) is 18.1. The van der Waals surface area contributed by atoms with Gasteiger partial charge in [-0.05, 0) is 57.1 Å². The SMILES string of the molecule is CCCCOC(C=CC(C)C(O)CC)C(C)CC(C)=C=CC(OCCCC)C(C)C(=O)O. The Morgan fingerprint density at radius 2 is 1.53 bits per heavy atom. The molecule has 0 aliphatic heterocycles. The van der Waals surface area contributed by atoms with Crippen molar-refractivity contribution < 1.29 is 24.5 Å².